The number of likely N-dealkylation sites (tertiary alicyclic amines) is 1. The van der Waals surface area contributed by atoms with E-state index in [9.17, 15) is 19.1 Å². The number of benzene rings is 1. The number of hydrogen-bond donors (Lipinski definition) is 1. The van der Waals surface area contributed by atoms with Crippen molar-refractivity contribution >= 4 is 12.1 Å². The van der Waals surface area contributed by atoms with Gasteiger partial charge >= 0.3 is 12.1 Å². The van der Waals surface area contributed by atoms with Gasteiger partial charge in [-0.3, -0.25) is 0 Å². The molecule has 2 unspecified atom stereocenters. The van der Waals surface area contributed by atoms with E-state index in [-0.39, 0.29) is 28.9 Å². The maximum Gasteiger partial charge on any atom is 0.514 e. The molecule has 1 fully saturated rings. The third-order valence-corrected chi connectivity index (χ3v) is 5.74. The Hall–Kier alpha value is -2.21. The van der Waals surface area contributed by atoms with Crippen molar-refractivity contribution in [1.82, 2.24) is 0 Å². The number of carbonyl (C=O) groups excluding carboxylic acids is 1. The molecule has 6 heteroatoms. The van der Waals surface area contributed by atoms with E-state index in [0.717, 1.165) is 5.56 Å². The van der Waals surface area contributed by atoms with E-state index in [1.54, 1.807) is 13.0 Å². The number of hydrogen-bond acceptors (Lipinski definition) is 3. The van der Waals surface area contributed by atoms with Gasteiger partial charge < -0.3 is 9.84 Å². The highest BCUT2D eigenvalue weighted by Gasteiger charge is 2.62. The van der Waals surface area contributed by atoms with Crippen molar-refractivity contribution in [2.45, 2.75) is 45.2 Å². The number of quaternary nitrogens is 1. The number of nitrogens with zero attached hydrogens (tertiary/aromatic N) is 1. The quantitative estimate of drug-likeness (QED) is 0.649. The van der Waals surface area contributed by atoms with Gasteiger partial charge in [0, 0.05) is 17.4 Å². The maximum absolute atomic E-state index is 13.5. The number of rotatable bonds is 4. The molecule has 26 heavy (non-hydrogen) atoms. The fourth-order valence-corrected chi connectivity index (χ4v) is 4.47. The molecule has 0 aromatic heterocycles. The van der Waals surface area contributed by atoms with Crippen LogP contribution >= 0.6 is 0 Å². The van der Waals surface area contributed by atoms with E-state index in [2.05, 4.69) is 0 Å². The van der Waals surface area contributed by atoms with Crippen molar-refractivity contribution in [3.63, 3.8) is 0 Å². The Kier molecular flexibility index (Phi) is 5.14. The molecule has 1 aliphatic carbocycles. The number of carbonyl (C=O) groups is 2. The molecule has 1 amide bonds. The molecular weight excluding hydrogens is 337 g/mol. The smallest absolute Gasteiger partial charge is 0.462 e. The molecule has 1 spiro atoms. The molecule has 1 saturated heterocycles. The Bertz CT molecular complexity index is 720. The molecule has 3 rings (SSSR count). The summed E-state index contributed by atoms with van der Waals surface area (Å²) in [5.74, 6) is -0.621. The summed E-state index contributed by atoms with van der Waals surface area (Å²) in [5.41, 5.74) is 0.485. The van der Waals surface area contributed by atoms with Crippen molar-refractivity contribution < 1.29 is 28.3 Å². The first-order valence-corrected chi connectivity index (χ1v) is 9.06. The van der Waals surface area contributed by atoms with Gasteiger partial charge in [0.1, 0.15) is 6.54 Å². The van der Waals surface area contributed by atoms with E-state index in [1.807, 2.05) is 30.3 Å². The molecule has 1 aromatic carbocycles. The highest BCUT2D eigenvalue weighted by molar-refractivity contribution is 5.77. The third kappa shape index (κ3) is 3.38. The second-order valence-electron chi connectivity index (χ2n) is 7.45. The first-order valence-electron chi connectivity index (χ1n) is 9.06. The summed E-state index contributed by atoms with van der Waals surface area (Å²) >= 11 is 0. The Morgan fingerprint density at radius 1 is 1.35 bits per heavy atom. The molecule has 3 atom stereocenters. The van der Waals surface area contributed by atoms with Crippen LogP contribution in [0.2, 0.25) is 0 Å². The second kappa shape index (κ2) is 7.19. The average molecular weight is 362 g/mol. The highest BCUT2D eigenvalue weighted by atomic mass is 19.1. The summed E-state index contributed by atoms with van der Waals surface area (Å²) in [6.45, 7) is 2.45. The van der Waals surface area contributed by atoms with Crippen LogP contribution in [0.4, 0.5) is 9.18 Å². The summed E-state index contributed by atoms with van der Waals surface area (Å²) in [4.78, 5) is 25.1. The second-order valence-corrected chi connectivity index (χ2v) is 7.45. The average Bonchev–Trinajstić information content (AvgIpc) is 2.95. The summed E-state index contributed by atoms with van der Waals surface area (Å²) in [6, 6.07) is 8.56. The van der Waals surface area contributed by atoms with E-state index >= 15 is 0 Å². The summed E-state index contributed by atoms with van der Waals surface area (Å²) in [7, 11) is 0. The normalized spacial score (nSPS) is 30.8. The largest absolute Gasteiger partial charge is 0.514 e. The molecule has 1 N–H and O–H groups in total. The van der Waals surface area contributed by atoms with Crippen LogP contribution in [0.25, 0.3) is 0 Å². The van der Waals surface area contributed by atoms with Crippen LogP contribution in [-0.2, 0) is 16.1 Å². The number of carboxylic acid groups (broad SMARTS) is 1. The molecule has 2 aliphatic rings. The van der Waals surface area contributed by atoms with Gasteiger partial charge in [-0.15, -0.1) is 0 Å². The Morgan fingerprint density at radius 2 is 2.08 bits per heavy atom. The highest BCUT2D eigenvalue weighted by Crippen LogP contribution is 2.50. The third-order valence-electron chi connectivity index (χ3n) is 5.74. The van der Waals surface area contributed by atoms with Gasteiger partial charge in [0.2, 0.25) is 0 Å². The van der Waals surface area contributed by atoms with Crippen LogP contribution in [0.15, 0.2) is 42.2 Å². The Labute approximate surface area is 152 Å². The zero-order chi connectivity index (χ0) is 18.8. The predicted molar refractivity (Wildman–Crippen MR) is 93.8 cm³/mol. The van der Waals surface area contributed by atoms with Gasteiger partial charge in [-0.1, -0.05) is 36.4 Å². The molecule has 1 aromatic rings. The SMILES string of the molecule is CCOC(=O)[C@@H]1CC2(CC=C(F)CC2)C[N+]1(Cc1ccccc1)C(=O)O. The van der Waals surface area contributed by atoms with Crippen LogP contribution in [0.3, 0.4) is 0 Å². The lowest BCUT2D eigenvalue weighted by Gasteiger charge is -2.35. The molecule has 1 heterocycles. The van der Waals surface area contributed by atoms with E-state index in [1.165, 1.54) is 0 Å². The fraction of sp³-hybridized carbons (Fsp3) is 0.500. The van der Waals surface area contributed by atoms with Gasteiger partial charge in [0.25, 0.3) is 0 Å². The predicted octanol–water partition coefficient (Wildman–Crippen LogP) is 4.04. The summed E-state index contributed by atoms with van der Waals surface area (Å²) < 4.78 is 18.4. The lowest BCUT2D eigenvalue weighted by Crippen LogP contribution is -2.58. The maximum atomic E-state index is 13.5. The standard InChI is InChI=1S/C20H24FNO4/c1-2-26-18(23)17-12-20(10-8-16(21)9-11-20)14-22(17,19(24)25)13-15-6-4-3-5-7-15/h3-8,17H,2,9-14H2,1H3/p+1/t17-,20?,22?/m0/s1. The minimum atomic E-state index is -1.03. The van der Waals surface area contributed by atoms with Crippen molar-refractivity contribution in [1.29, 1.82) is 0 Å². The van der Waals surface area contributed by atoms with Crippen LogP contribution in [0.1, 0.15) is 38.2 Å². The minimum absolute atomic E-state index is 0.147. The number of amides is 1. The minimum Gasteiger partial charge on any atom is -0.462 e. The first-order chi connectivity index (χ1) is 12.4. The van der Waals surface area contributed by atoms with Crippen molar-refractivity contribution in [2.24, 2.45) is 5.41 Å². The van der Waals surface area contributed by atoms with Gasteiger partial charge in [-0.25, -0.2) is 13.7 Å². The van der Waals surface area contributed by atoms with Crippen molar-refractivity contribution in [3.05, 3.63) is 47.8 Å². The number of halogens is 1. The van der Waals surface area contributed by atoms with Crippen molar-refractivity contribution in [3.8, 4) is 0 Å². The molecule has 0 radical (unpaired) electrons. The molecule has 5 nitrogen and oxygen atoms in total. The van der Waals surface area contributed by atoms with E-state index in [0.29, 0.717) is 32.2 Å². The fourth-order valence-electron chi connectivity index (χ4n) is 4.47. The summed E-state index contributed by atoms with van der Waals surface area (Å²) in [6.07, 6.45) is 2.27. The first kappa shape index (κ1) is 18.6. The van der Waals surface area contributed by atoms with Crippen LogP contribution < -0.4 is 0 Å². The van der Waals surface area contributed by atoms with Gasteiger partial charge in [0.15, 0.2) is 6.04 Å². The summed E-state index contributed by atoms with van der Waals surface area (Å²) in [5, 5.41) is 10.2. The molecular formula is C20H25FNO4+. The van der Waals surface area contributed by atoms with Gasteiger partial charge in [-0.05, 0) is 26.2 Å². The lowest BCUT2D eigenvalue weighted by molar-refractivity contribution is -0.877. The number of ether oxygens (including phenoxy) is 1. The van der Waals surface area contributed by atoms with E-state index < -0.39 is 18.1 Å². The van der Waals surface area contributed by atoms with Gasteiger partial charge in [-0.2, -0.15) is 4.79 Å². The lowest BCUT2D eigenvalue weighted by atomic mass is 9.75. The van der Waals surface area contributed by atoms with Gasteiger partial charge in [0.05, 0.1) is 19.0 Å². The topological polar surface area (TPSA) is 63.6 Å². The molecule has 140 valence electrons. The Morgan fingerprint density at radius 3 is 2.65 bits per heavy atom. The monoisotopic (exact) mass is 362 g/mol. The Balaban J connectivity index is 2.00. The number of allylic oxidation sites excluding steroid dienone is 2. The zero-order valence-corrected chi connectivity index (χ0v) is 15.0. The molecule has 1 aliphatic heterocycles. The van der Waals surface area contributed by atoms with Crippen LogP contribution in [0, 0.1) is 5.41 Å². The van der Waals surface area contributed by atoms with Crippen LogP contribution in [0.5, 0.6) is 0 Å². The zero-order valence-electron chi connectivity index (χ0n) is 15.0. The van der Waals surface area contributed by atoms with Crippen molar-refractivity contribution in [2.75, 3.05) is 13.2 Å². The van der Waals surface area contributed by atoms with E-state index in [4.69, 9.17) is 4.74 Å². The number of esters is 1. The molecule has 0 saturated carbocycles. The van der Waals surface area contributed by atoms with Crippen LogP contribution in [-0.4, -0.2) is 40.8 Å². The molecule has 0 bridgehead atoms.